The van der Waals surface area contributed by atoms with Gasteiger partial charge in [-0.15, -0.1) is 22.7 Å². The molecule has 0 N–H and O–H groups in total. The summed E-state index contributed by atoms with van der Waals surface area (Å²) < 4.78 is 0. The highest BCUT2D eigenvalue weighted by Gasteiger charge is 2.52. The van der Waals surface area contributed by atoms with Gasteiger partial charge in [0, 0.05) is 25.0 Å². The molecule has 3 heteroatoms. The highest BCUT2D eigenvalue weighted by atomic mass is 32.1. The van der Waals surface area contributed by atoms with E-state index < -0.39 is 8.07 Å². The van der Waals surface area contributed by atoms with Crippen molar-refractivity contribution in [1.29, 1.82) is 0 Å². The van der Waals surface area contributed by atoms with E-state index in [9.17, 15) is 0 Å². The normalized spacial score (nSPS) is 28.0. The Labute approximate surface area is 167 Å². The second-order valence-electron chi connectivity index (χ2n) is 9.52. The summed E-state index contributed by atoms with van der Waals surface area (Å²) in [6, 6.07) is 4.94. The van der Waals surface area contributed by atoms with Gasteiger partial charge in [-0.25, -0.2) is 0 Å². The van der Waals surface area contributed by atoms with Gasteiger partial charge in [-0.2, -0.15) is 0 Å². The minimum atomic E-state index is -1.53. The fourth-order valence-electron chi connectivity index (χ4n) is 6.62. The summed E-state index contributed by atoms with van der Waals surface area (Å²) in [5, 5.41) is 0. The molecule has 0 saturated heterocycles. The smallest absolute Gasteiger partial charge is 0.0699 e. The van der Waals surface area contributed by atoms with Gasteiger partial charge in [-0.05, 0) is 74.2 Å². The van der Waals surface area contributed by atoms with Crippen LogP contribution in [0.1, 0.15) is 57.7 Å². The molecule has 3 unspecified atom stereocenters. The van der Waals surface area contributed by atoms with Crippen LogP contribution in [0.3, 0.4) is 0 Å². The Morgan fingerprint density at radius 1 is 0.885 bits per heavy atom. The summed E-state index contributed by atoms with van der Waals surface area (Å²) in [7, 11) is -1.53. The number of aryl methyl sites for hydroxylation is 2. The molecule has 2 heterocycles. The van der Waals surface area contributed by atoms with Crippen molar-refractivity contribution in [3.05, 3.63) is 43.3 Å². The lowest BCUT2D eigenvalue weighted by Crippen LogP contribution is -2.43. The fraction of sp³-hybridized carbons (Fsp3) is 0.565. The standard InChI is InChI=1S/C23H30S2Si/c1-13-10-16-8-6-7-9-17(16)22(13)26(4,5)23-20-18(11-14(2)24-20)19-12-15(3)25-21(19)23/h10-12,16-17,22-23H,6-9H2,1-5H3. The van der Waals surface area contributed by atoms with E-state index in [0.717, 1.165) is 22.9 Å². The van der Waals surface area contributed by atoms with Crippen LogP contribution < -0.4 is 0 Å². The van der Waals surface area contributed by atoms with Crippen molar-refractivity contribution < 1.29 is 0 Å². The number of thiophene rings is 2. The summed E-state index contributed by atoms with van der Waals surface area (Å²) in [5.41, 5.74) is 6.50. The second kappa shape index (κ2) is 5.92. The Morgan fingerprint density at radius 3 is 2.08 bits per heavy atom. The van der Waals surface area contributed by atoms with Gasteiger partial charge in [0.15, 0.2) is 0 Å². The molecule has 2 aromatic rings. The molecule has 0 nitrogen and oxygen atoms in total. The third kappa shape index (κ3) is 2.36. The molecule has 3 aliphatic carbocycles. The lowest BCUT2D eigenvalue weighted by molar-refractivity contribution is 0.299. The third-order valence-corrected chi connectivity index (χ3v) is 14.6. The lowest BCUT2D eigenvalue weighted by atomic mass is 9.81. The Morgan fingerprint density at radius 2 is 1.46 bits per heavy atom. The molecule has 0 amide bonds. The first-order valence-corrected chi connectivity index (χ1v) is 15.1. The lowest BCUT2D eigenvalue weighted by Gasteiger charge is -2.42. The van der Waals surface area contributed by atoms with Crippen molar-refractivity contribution in [1.82, 2.24) is 0 Å². The van der Waals surface area contributed by atoms with Crippen molar-refractivity contribution in [2.75, 3.05) is 0 Å². The number of hydrogen-bond acceptors (Lipinski definition) is 2. The molecular weight excluding hydrogens is 368 g/mol. The van der Waals surface area contributed by atoms with Gasteiger partial charge in [-0.3, -0.25) is 0 Å². The van der Waals surface area contributed by atoms with Crippen LogP contribution in [-0.4, -0.2) is 8.07 Å². The minimum Gasteiger partial charge on any atom is -0.145 e. The molecule has 1 fully saturated rings. The van der Waals surface area contributed by atoms with Crippen LogP contribution in [0.2, 0.25) is 18.6 Å². The number of rotatable bonds is 2. The highest BCUT2D eigenvalue weighted by molar-refractivity contribution is 7.16. The zero-order valence-electron chi connectivity index (χ0n) is 16.7. The Kier molecular flexibility index (Phi) is 3.98. The molecule has 26 heavy (non-hydrogen) atoms. The Balaban J connectivity index is 1.63. The predicted molar refractivity (Wildman–Crippen MR) is 119 cm³/mol. The molecule has 0 aromatic carbocycles. The zero-order chi connectivity index (χ0) is 18.2. The van der Waals surface area contributed by atoms with Crippen LogP contribution >= 0.6 is 22.7 Å². The molecule has 0 aliphatic heterocycles. The molecule has 1 saturated carbocycles. The molecule has 3 atom stereocenters. The molecule has 5 rings (SSSR count). The number of allylic oxidation sites excluding steroid dienone is 2. The summed E-state index contributed by atoms with van der Waals surface area (Å²) in [5.74, 6) is 1.83. The topological polar surface area (TPSA) is 0 Å². The maximum absolute atomic E-state index is 2.72. The van der Waals surface area contributed by atoms with Crippen LogP contribution in [-0.2, 0) is 0 Å². The van der Waals surface area contributed by atoms with E-state index in [1.165, 1.54) is 35.4 Å². The molecule has 3 aliphatic rings. The molecule has 2 aromatic heterocycles. The highest BCUT2D eigenvalue weighted by Crippen LogP contribution is 2.62. The fourth-order valence-corrected chi connectivity index (χ4v) is 15.8. The zero-order valence-corrected chi connectivity index (χ0v) is 19.3. The predicted octanol–water partition coefficient (Wildman–Crippen LogP) is 7.92. The van der Waals surface area contributed by atoms with E-state index in [4.69, 9.17) is 0 Å². The first-order chi connectivity index (χ1) is 12.4. The van der Waals surface area contributed by atoms with Crippen LogP contribution in [0.5, 0.6) is 0 Å². The average molecular weight is 399 g/mol. The summed E-state index contributed by atoms with van der Waals surface area (Å²) in [6.45, 7) is 12.5. The van der Waals surface area contributed by atoms with Crippen molar-refractivity contribution in [3.63, 3.8) is 0 Å². The van der Waals surface area contributed by atoms with Gasteiger partial charge >= 0.3 is 0 Å². The maximum Gasteiger partial charge on any atom is 0.0699 e. The molecule has 138 valence electrons. The van der Waals surface area contributed by atoms with Crippen LogP contribution in [0, 0.1) is 25.7 Å². The largest absolute Gasteiger partial charge is 0.145 e. The van der Waals surface area contributed by atoms with Crippen molar-refractivity contribution in [2.45, 2.75) is 70.6 Å². The molecule has 0 bridgehead atoms. The molecular formula is C23H30S2Si. The van der Waals surface area contributed by atoms with E-state index in [0.29, 0.717) is 0 Å². The van der Waals surface area contributed by atoms with E-state index in [2.05, 4.69) is 74.7 Å². The monoisotopic (exact) mass is 398 g/mol. The van der Waals surface area contributed by atoms with E-state index in [-0.39, 0.29) is 0 Å². The summed E-state index contributed by atoms with van der Waals surface area (Å²) in [4.78, 5) is 6.42. The number of hydrogen-bond donors (Lipinski definition) is 0. The first-order valence-electron chi connectivity index (χ1n) is 10.3. The summed E-state index contributed by atoms with van der Waals surface area (Å²) >= 11 is 4.18. The van der Waals surface area contributed by atoms with Crippen molar-refractivity contribution in [3.8, 4) is 11.1 Å². The summed E-state index contributed by atoms with van der Waals surface area (Å²) in [6.07, 6.45) is 8.52. The molecule has 0 radical (unpaired) electrons. The second-order valence-corrected chi connectivity index (χ2v) is 16.9. The van der Waals surface area contributed by atoms with Gasteiger partial charge in [-0.1, -0.05) is 37.6 Å². The SMILES string of the molecule is CC1=CC2CCCCC2C1[Si](C)(C)C1c2sc(C)cc2-c2cc(C)sc21. The van der Waals surface area contributed by atoms with Crippen LogP contribution in [0.4, 0.5) is 0 Å². The molecule has 0 spiro atoms. The van der Waals surface area contributed by atoms with Gasteiger partial charge in [0.1, 0.15) is 0 Å². The van der Waals surface area contributed by atoms with Gasteiger partial charge < -0.3 is 0 Å². The van der Waals surface area contributed by atoms with Gasteiger partial charge in [0.2, 0.25) is 0 Å². The Hall–Kier alpha value is -0.643. The van der Waals surface area contributed by atoms with Crippen molar-refractivity contribution in [2.24, 2.45) is 11.8 Å². The third-order valence-electron chi connectivity index (χ3n) is 7.40. The van der Waals surface area contributed by atoms with E-state index in [1.807, 2.05) is 0 Å². The van der Waals surface area contributed by atoms with Crippen LogP contribution in [0.25, 0.3) is 11.1 Å². The maximum atomic E-state index is 2.72. The van der Waals surface area contributed by atoms with E-state index >= 15 is 0 Å². The average Bonchev–Trinajstić information content (AvgIpc) is 3.25. The van der Waals surface area contributed by atoms with Gasteiger partial charge in [0.25, 0.3) is 0 Å². The minimum absolute atomic E-state index is 0.721. The first kappa shape index (κ1) is 17.5. The van der Waals surface area contributed by atoms with Crippen LogP contribution in [0.15, 0.2) is 23.8 Å². The quantitative estimate of drug-likeness (QED) is 0.356. The number of fused-ring (bicyclic) bond motifs is 4. The van der Waals surface area contributed by atoms with E-state index in [1.54, 1.807) is 26.5 Å². The Bertz CT molecular complexity index is 851. The van der Waals surface area contributed by atoms with Gasteiger partial charge in [0.05, 0.1) is 8.07 Å². The van der Waals surface area contributed by atoms with Crippen molar-refractivity contribution >= 4 is 30.7 Å².